The van der Waals surface area contributed by atoms with Gasteiger partial charge in [-0.3, -0.25) is 9.59 Å². The summed E-state index contributed by atoms with van der Waals surface area (Å²) in [5.41, 5.74) is 0. The van der Waals surface area contributed by atoms with Gasteiger partial charge in [0, 0.05) is 32.1 Å². The maximum atomic E-state index is 11.7. The van der Waals surface area contributed by atoms with Gasteiger partial charge in [0.15, 0.2) is 0 Å². The molecule has 0 spiro atoms. The van der Waals surface area contributed by atoms with Crippen molar-refractivity contribution in [3.63, 3.8) is 0 Å². The average molecular weight is 231 g/mol. The Morgan fingerprint density at radius 3 is 2.93 bits per heavy atom. The Bertz CT molecular complexity index is 293. The lowest BCUT2D eigenvalue weighted by Crippen LogP contribution is -2.54. The molecule has 15 heavy (non-hydrogen) atoms. The summed E-state index contributed by atoms with van der Waals surface area (Å²) < 4.78 is 0. The molecule has 4 nitrogen and oxygen atoms in total. The highest BCUT2D eigenvalue weighted by molar-refractivity contribution is 6.30. The number of carbonyl (C=O) groups excluding carboxylic acids is 2. The number of hydrogen-bond acceptors (Lipinski definition) is 2. The number of piperazine rings is 1. The van der Waals surface area contributed by atoms with Gasteiger partial charge in [0.25, 0.3) is 0 Å². The molecule has 2 unspecified atom stereocenters. The van der Waals surface area contributed by atoms with Crippen LogP contribution in [-0.2, 0) is 9.59 Å². The fraction of sp³-hybridized carbons (Fsp3) is 0.800. The van der Waals surface area contributed by atoms with Gasteiger partial charge in [-0.25, -0.2) is 0 Å². The predicted octanol–water partition coefficient (Wildman–Crippen LogP) is 0.447. The van der Waals surface area contributed by atoms with Crippen LogP contribution in [-0.4, -0.2) is 52.7 Å². The standard InChI is InChI=1S/C10H15ClN2O2/c1-7(11)10(15)12-4-5-13-8(6-12)2-3-9(13)14/h7-8H,2-6H2,1H3. The summed E-state index contributed by atoms with van der Waals surface area (Å²) in [7, 11) is 0. The third-order valence-electron chi connectivity index (χ3n) is 3.15. The molecule has 2 amide bonds. The van der Waals surface area contributed by atoms with Crippen LogP contribution in [0.3, 0.4) is 0 Å². The zero-order valence-corrected chi connectivity index (χ0v) is 9.54. The van der Waals surface area contributed by atoms with E-state index >= 15 is 0 Å². The Balaban J connectivity index is 1.99. The lowest BCUT2D eigenvalue weighted by Gasteiger charge is -2.38. The minimum Gasteiger partial charge on any atom is -0.338 e. The first-order chi connectivity index (χ1) is 7.09. The Labute approximate surface area is 94.2 Å². The largest absolute Gasteiger partial charge is 0.338 e. The summed E-state index contributed by atoms with van der Waals surface area (Å²) in [5.74, 6) is 0.210. The first-order valence-corrected chi connectivity index (χ1v) is 5.75. The molecule has 0 aromatic carbocycles. The van der Waals surface area contributed by atoms with Gasteiger partial charge in [0.05, 0.1) is 0 Å². The van der Waals surface area contributed by atoms with E-state index in [4.69, 9.17) is 11.6 Å². The van der Waals surface area contributed by atoms with E-state index in [1.165, 1.54) is 0 Å². The van der Waals surface area contributed by atoms with E-state index in [0.29, 0.717) is 26.1 Å². The Hall–Kier alpha value is -0.770. The molecule has 2 aliphatic rings. The van der Waals surface area contributed by atoms with E-state index in [9.17, 15) is 9.59 Å². The van der Waals surface area contributed by atoms with Crippen LogP contribution in [0.25, 0.3) is 0 Å². The van der Waals surface area contributed by atoms with Gasteiger partial charge in [-0.2, -0.15) is 0 Å². The third kappa shape index (κ3) is 1.95. The first-order valence-electron chi connectivity index (χ1n) is 5.32. The maximum Gasteiger partial charge on any atom is 0.240 e. The zero-order valence-electron chi connectivity index (χ0n) is 8.78. The van der Waals surface area contributed by atoms with Crippen LogP contribution in [0, 0.1) is 0 Å². The Morgan fingerprint density at radius 2 is 2.27 bits per heavy atom. The molecule has 84 valence electrons. The second-order valence-corrected chi connectivity index (χ2v) is 4.83. The average Bonchev–Trinajstić information content (AvgIpc) is 2.59. The smallest absolute Gasteiger partial charge is 0.240 e. The third-order valence-corrected chi connectivity index (χ3v) is 3.33. The normalized spacial score (nSPS) is 27.9. The van der Waals surface area contributed by atoms with E-state index in [-0.39, 0.29) is 17.9 Å². The molecular formula is C10H15ClN2O2. The monoisotopic (exact) mass is 230 g/mol. The minimum absolute atomic E-state index is 0.0179. The first kappa shape index (κ1) is 10.7. The van der Waals surface area contributed by atoms with E-state index in [1.54, 1.807) is 11.8 Å². The highest BCUT2D eigenvalue weighted by Crippen LogP contribution is 2.23. The van der Waals surface area contributed by atoms with Gasteiger partial charge in [0.1, 0.15) is 5.38 Å². The molecule has 0 aromatic rings. The number of alkyl halides is 1. The summed E-state index contributed by atoms with van der Waals surface area (Å²) in [4.78, 5) is 26.7. The van der Waals surface area contributed by atoms with Crippen molar-refractivity contribution in [1.82, 2.24) is 9.80 Å². The van der Waals surface area contributed by atoms with E-state index in [2.05, 4.69) is 0 Å². The molecule has 2 atom stereocenters. The van der Waals surface area contributed by atoms with Gasteiger partial charge in [-0.05, 0) is 13.3 Å². The quantitative estimate of drug-likeness (QED) is 0.614. The number of halogens is 1. The van der Waals surface area contributed by atoms with E-state index < -0.39 is 5.38 Å². The SMILES string of the molecule is CC(Cl)C(=O)N1CCN2C(=O)CCC2C1. The van der Waals surface area contributed by atoms with Crippen molar-refractivity contribution in [3.8, 4) is 0 Å². The van der Waals surface area contributed by atoms with E-state index in [0.717, 1.165) is 6.42 Å². The molecule has 0 radical (unpaired) electrons. The molecule has 0 N–H and O–H groups in total. The van der Waals surface area contributed by atoms with Crippen molar-refractivity contribution in [3.05, 3.63) is 0 Å². The number of rotatable bonds is 1. The fourth-order valence-electron chi connectivity index (χ4n) is 2.32. The number of carbonyl (C=O) groups is 2. The van der Waals surface area contributed by atoms with Gasteiger partial charge < -0.3 is 9.80 Å². The highest BCUT2D eigenvalue weighted by atomic mass is 35.5. The summed E-state index contributed by atoms with van der Waals surface area (Å²) in [6, 6.07) is 0.227. The number of amides is 2. The predicted molar refractivity (Wildman–Crippen MR) is 56.6 cm³/mol. The second kappa shape index (κ2) is 4.00. The fourth-order valence-corrected chi connectivity index (χ4v) is 2.45. The lowest BCUT2D eigenvalue weighted by atomic mass is 10.1. The van der Waals surface area contributed by atoms with Crippen LogP contribution < -0.4 is 0 Å². The van der Waals surface area contributed by atoms with Crippen LogP contribution >= 0.6 is 11.6 Å². The summed E-state index contributed by atoms with van der Waals surface area (Å²) in [6.07, 6.45) is 1.50. The minimum atomic E-state index is -0.464. The van der Waals surface area contributed by atoms with Crippen LogP contribution in [0.4, 0.5) is 0 Å². The lowest BCUT2D eigenvalue weighted by molar-refractivity contribution is -0.138. The molecule has 0 saturated carbocycles. The molecule has 0 aliphatic carbocycles. The van der Waals surface area contributed by atoms with E-state index in [1.807, 2.05) is 4.90 Å². The zero-order chi connectivity index (χ0) is 11.0. The van der Waals surface area contributed by atoms with Gasteiger partial charge in [0.2, 0.25) is 11.8 Å². The molecule has 0 aromatic heterocycles. The number of fused-ring (bicyclic) bond motifs is 1. The molecule has 2 rings (SSSR count). The van der Waals surface area contributed by atoms with Crippen molar-refractivity contribution in [2.24, 2.45) is 0 Å². The van der Waals surface area contributed by atoms with Gasteiger partial charge >= 0.3 is 0 Å². The molecule has 2 fully saturated rings. The second-order valence-electron chi connectivity index (χ2n) is 4.18. The van der Waals surface area contributed by atoms with Crippen molar-refractivity contribution < 1.29 is 9.59 Å². The van der Waals surface area contributed by atoms with Crippen molar-refractivity contribution >= 4 is 23.4 Å². The van der Waals surface area contributed by atoms with Crippen molar-refractivity contribution in [2.45, 2.75) is 31.2 Å². The summed E-state index contributed by atoms with van der Waals surface area (Å²) >= 11 is 5.76. The van der Waals surface area contributed by atoms with Crippen LogP contribution in [0.5, 0.6) is 0 Å². The van der Waals surface area contributed by atoms with Gasteiger partial charge in [-0.15, -0.1) is 11.6 Å². The summed E-state index contributed by atoms with van der Waals surface area (Å²) in [5, 5.41) is -0.464. The molecule has 0 bridgehead atoms. The Kier molecular flexibility index (Phi) is 2.87. The molecule has 2 heterocycles. The highest BCUT2D eigenvalue weighted by Gasteiger charge is 2.37. The summed E-state index contributed by atoms with van der Waals surface area (Å²) in [6.45, 7) is 3.63. The van der Waals surface area contributed by atoms with Crippen LogP contribution in [0.2, 0.25) is 0 Å². The molecule has 2 saturated heterocycles. The van der Waals surface area contributed by atoms with Crippen LogP contribution in [0.1, 0.15) is 19.8 Å². The van der Waals surface area contributed by atoms with Crippen LogP contribution in [0.15, 0.2) is 0 Å². The molecule has 2 aliphatic heterocycles. The molecule has 5 heteroatoms. The van der Waals surface area contributed by atoms with Crippen molar-refractivity contribution in [1.29, 1.82) is 0 Å². The van der Waals surface area contributed by atoms with Gasteiger partial charge in [-0.1, -0.05) is 0 Å². The number of nitrogens with zero attached hydrogens (tertiary/aromatic N) is 2. The van der Waals surface area contributed by atoms with Crippen molar-refractivity contribution in [2.75, 3.05) is 19.6 Å². The maximum absolute atomic E-state index is 11.7. The number of hydrogen-bond donors (Lipinski definition) is 0. The topological polar surface area (TPSA) is 40.6 Å². The molecular weight excluding hydrogens is 216 g/mol. The Morgan fingerprint density at radius 1 is 1.53 bits per heavy atom.